The minimum Gasteiger partial charge on any atom is -0.344 e. The first-order valence-electron chi connectivity index (χ1n) is 31.1. The number of rotatable bonds is 15. The Morgan fingerprint density at radius 2 is 0.859 bits per heavy atom. The van der Waals surface area contributed by atoms with Gasteiger partial charge < -0.3 is 44.4 Å². The van der Waals surface area contributed by atoms with Gasteiger partial charge in [0, 0.05) is 98.4 Å². The molecule has 20 nitrogen and oxygen atoms in total. The molecule has 486 valence electrons. The normalized spacial score (nSPS) is 27.9. The van der Waals surface area contributed by atoms with E-state index in [0.717, 1.165) is 6.29 Å². The number of ketones is 3. The zero-order chi connectivity index (χ0) is 66.1. The molecule has 1 saturated heterocycles. The number of carbonyl (C=O) groups is 12. The first-order chi connectivity index (χ1) is 39.1. The molecule has 0 spiro atoms. The highest BCUT2D eigenvalue weighted by Gasteiger charge is 2.46. The van der Waals surface area contributed by atoms with Crippen LogP contribution in [0, 0.1) is 59.2 Å². The van der Waals surface area contributed by atoms with E-state index in [0.29, 0.717) is 0 Å². The lowest BCUT2D eigenvalue weighted by Crippen LogP contribution is -2.61. The Bertz CT molecular complexity index is 2330. The highest BCUT2D eigenvalue weighted by molar-refractivity contribution is 7.17. The van der Waals surface area contributed by atoms with Gasteiger partial charge in [-0.2, -0.15) is 0 Å². The Balaban J connectivity index is 4.35. The molecule has 85 heavy (non-hydrogen) atoms. The van der Waals surface area contributed by atoms with E-state index < -0.39 is 137 Å². The van der Waals surface area contributed by atoms with E-state index in [2.05, 4.69) is 14.6 Å². The molecule has 0 aromatic heterocycles. The van der Waals surface area contributed by atoms with Gasteiger partial charge in [0.15, 0.2) is 17.3 Å². The maximum absolute atomic E-state index is 15.2. The van der Waals surface area contributed by atoms with Crippen molar-refractivity contribution in [2.75, 3.05) is 49.3 Å². The highest BCUT2D eigenvalue weighted by Crippen LogP contribution is 2.31. The zero-order valence-electron chi connectivity index (χ0n) is 56.5. The van der Waals surface area contributed by atoms with Gasteiger partial charge >= 0.3 is 0 Å². The van der Waals surface area contributed by atoms with Gasteiger partial charge in [0.05, 0.1) is 18.1 Å². The number of nitrogens with one attached hydrogen (secondary N) is 1. The third-order valence-corrected chi connectivity index (χ3v) is 18.4. The highest BCUT2D eigenvalue weighted by atomic mass is 31.0. The molecule has 1 aliphatic rings. The van der Waals surface area contributed by atoms with Crippen molar-refractivity contribution in [1.29, 1.82) is 0 Å². The van der Waals surface area contributed by atoms with Crippen LogP contribution in [0.1, 0.15) is 175 Å². The van der Waals surface area contributed by atoms with Crippen LogP contribution in [-0.4, -0.2) is 209 Å². The molecule has 14 atom stereocenters. The van der Waals surface area contributed by atoms with Crippen LogP contribution in [0.3, 0.4) is 0 Å². The average molecular weight is 1220 g/mol. The second kappa shape index (κ2) is 35.0. The molecule has 0 aromatic carbocycles. The Morgan fingerprint density at radius 1 is 0.459 bits per heavy atom. The number of amides is 8. The monoisotopic (exact) mass is 1220 g/mol. The van der Waals surface area contributed by atoms with Gasteiger partial charge in [-0.05, 0) is 87.4 Å². The molecule has 8 amide bonds. The summed E-state index contributed by atoms with van der Waals surface area (Å²) < 4.78 is 0. The van der Waals surface area contributed by atoms with E-state index in [9.17, 15) is 43.2 Å². The molecule has 1 aliphatic heterocycles. The number of likely N-dealkylation sites (N-methyl/N-ethyl adjacent to an activating group) is 7. The Morgan fingerprint density at radius 3 is 1.28 bits per heavy atom. The molecule has 0 saturated carbocycles. The number of aldehydes is 1. The smallest absolute Gasteiger partial charge is 0.246 e. The first kappa shape index (κ1) is 77.9. The zero-order valence-corrected chi connectivity index (χ0v) is 57.7. The summed E-state index contributed by atoms with van der Waals surface area (Å²) in [7, 11) is 13.0. The molecule has 0 aromatic rings. The molecule has 0 bridgehead atoms. The van der Waals surface area contributed by atoms with Gasteiger partial charge in [0.2, 0.25) is 47.3 Å². The maximum Gasteiger partial charge on any atom is 0.246 e. The van der Waals surface area contributed by atoms with Gasteiger partial charge in [0.25, 0.3) is 0 Å². The van der Waals surface area contributed by atoms with Crippen molar-refractivity contribution >= 4 is 80.1 Å². The summed E-state index contributed by atoms with van der Waals surface area (Å²) in [4.78, 5) is 183. The van der Waals surface area contributed by atoms with E-state index in [1.165, 1.54) is 90.6 Å². The molecular formula is C64H113N8O12P. The van der Waals surface area contributed by atoms with Crippen LogP contribution in [0.15, 0.2) is 0 Å². The fraction of sp³-hybridized carbons (Fsp3) is 0.812. The molecule has 21 heteroatoms. The van der Waals surface area contributed by atoms with Gasteiger partial charge in [0.1, 0.15) is 36.5 Å². The number of Topliss-reactive ketones (excluding diaryl/α,β-unsaturated/α-hetero) is 3. The molecule has 1 unspecified atom stereocenters. The topological polar surface area (TPSA) is 240 Å². The number of hydrogen-bond donors (Lipinski definition) is 1. The van der Waals surface area contributed by atoms with Crippen molar-refractivity contribution in [2.24, 2.45) is 59.2 Å². The summed E-state index contributed by atoms with van der Waals surface area (Å²) in [6.45, 7) is 30.4. The van der Waals surface area contributed by atoms with E-state index in [4.69, 9.17) is 0 Å². The standard InChI is InChI=1S/C64H113N8O12P/c1-25-45-33-53(76)55(56(85)41(14)26-27-73)72(24)64(84)54(40(12)13)71(23)63(83)50(31-38(8)9)70(22)62(82)49(30-37(6)7)69(21)58(78)43(16)65-57(77)42(15)32-51(74)47(28-35(2)3)68(20)61(81)46(39(10)11)34-52(75)48(29-36(4)5)67(19)59(79)44(17)66(18)60(45)80/h27,35-50,54-56H,25-26,28-34,85H2,1-24H3,(H,65,77)/t41-,42+,43+,44-,45+,46-,47-,48+,49-,50-,54-,55+,56-/m1/s1. The molecule has 0 radical (unpaired) electrons. The van der Waals surface area contributed by atoms with Crippen molar-refractivity contribution in [3.63, 3.8) is 0 Å². The Labute approximate surface area is 513 Å². The molecule has 1 heterocycles. The van der Waals surface area contributed by atoms with Crippen molar-refractivity contribution in [3.8, 4) is 0 Å². The summed E-state index contributed by atoms with van der Waals surface area (Å²) in [5, 5.41) is 2.75. The number of hydrogen-bond acceptors (Lipinski definition) is 12. The summed E-state index contributed by atoms with van der Waals surface area (Å²) in [5.74, 6) is -10.3. The second-order valence-corrected chi connectivity index (χ2v) is 27.9. The number of carbonyl (C=O) groups excluding carboxylic acids is 12. The van der Waals surface area contributed by atoms with Crippen molar-refractivity contribution in [1.82, 2.24) is 39.6 Å². The van der Waals surface area contributed by atoms with Gasteiger partial charge in [-0.15, -0.1) is 9.24 Å². The fourth-order valence-corrected chi connectivity index (χ4v) is 12.2. The largest absolute Gasteiger partial charge is 0.344 e. The lowest BCUT2D eigenvalue weighted by atomic mass is 9.84. The minimum absolute atomic E-state index is 0.0478. The van der Waals surface area contributed by atoms with E-state index in [1.54, 1.807) is 41.5 Å². The van der Waals surface area contributed by atoms with Crippen LogP contribution < -0.4 is 5.32 Å². The fourth-order valence-electron chi connectivity index (χ4n) is 11.6. The minimum atomic E-state index is -1.21. The van der Waals surface area contributed by atoms with Gasteiger partial charge in [-0.25, -0.2) is 0 Å². The predicted molar refractivity (Wildman–Crippen MR) is 335 cm³/mol. The van der Waals surface area contributed by atoms with E-state index in [1.807, 2.05) is 69.2 Å². The third kappa shape index (κ3) is 21.3. The van der Waals surface area contributed by atoms with Crippen molar-refractivity contribution < 1.29 is 57.5 Å². The lowest BCUT2D eigenvalue weighted by Gasteiger charge is -2.42. The van der Waals surface area contributed by atoms with Crippen LogP contribution in [0.4, 0.5) is 0 Å². The van der Waals surface area contributed by atoms with Crippen LogP contribution in [0.25, 0.3) is 0 Å². The third-order valence-electron chi connectivity index (χ3n) is 17.4. The molecule has 1 rings (SSSR count). The summed E-state index contributed by atoms with van der Waals surface area (Å²) >= 11 is 0. The van der Waals surface area contributed by atoms with Crippen molar-refractivity contribution in [3.05, 3.63) is 0 Å². The number of nitrogens with zero attached hydrogens (tertiary/aromatic N) is 7. The van der Waals surface area contributed by atoms with Crippen LogP contribution in [-0.2, 0) is 57.5 Å². The van der Waals surface area contributed by atoms with Crippen LogP contribution in [0.2, 0.25) is 0 Å². The SMILES string of the molecule is CC[C@H]1CC(=O)[C@@H]([C@H](P)[C@H](C)CC=O)N(C)C(=O)[C@@H](C(C)C)N(C)C(=O)[C@@H](CC(C)C)N(C)C(=O)[C@@H](CC(C)C)N(C)C(=O)[C@H](C)NC(=O)[C@@H](C)CC(=O)[C@@H](CC(C)C)N(C)C(=O)[C@@H](C(C)C)CC(=O)[C@H](CC(C)C)N(C)C(=O)[C@@H](C)N(C)C1=O. The van der Waals surface area contributed by atoms with Gasteiger partial charge in [-0.3, -0.25) is 52.7 Å². The Kier molecular flexibility index (Phi) is 32.1. The van der Waals surface area contributed by atoms with E-state index >= 15 is 14.4 Å². The predicted octanol–water partition coefficient (Wildman–Crippen LogP) is 6.43. The molecular weight excluding hydrogens is 1100 g/mol. The summed E-state index contributed by atoms with van der Waals surface area (Å²) in [6, 6.07) is -8.89. The lowest BCUT2D eigenvalue weighted by molar-refractivity contribution is -0.156. The van der Waals surface area contributed by atoms with Gasteiger partial charge in [-0.1, -0.05) is 104 Å². The molecule has 1 fully saturated rings. The first-order valence-corrected chi connectivity index (χ1v) is 31.8. The average Bonchev–Trinajstić information content (AvgIpc) is 3.49. The van der Waals surface area contributed by atoms with E-state index in [-0.39, 0.29) is 98.9 Å². The van der Waals surface area contributed by atoms with Crippen molar-refractivity contribution in [2.45, 2.75) is 229 Å². The van der Waals surface area contributed by atoms with Crippen LogP contribution >= 0.6 is 9.24 Å². The molecule has 0 aliphatic carbocycles. The van der Waals surface area contributed by atoms with Crippen LogP contribution in [0.5, 0.6) is 0 Å². The molecule has 1 N–H and O–H groups in total. The summed E-state index contributed by atoms with van der Waals surface area (Å²) in [6.07, 6.45) is 0.906. The Hall–Kier alpha value is -5.13. The summed E-state index contributed by atoms with van der Waals surface area (Å²) in [5.41, 5.74) is -0.702. The quantitative estimate of drug-likeness (QED) is 0.138. The second-order valence-electron chi connectivity index (χ2n) is 27.1. The maximum atomic E-state index is 15.2.